The summed E-state index contributed by atoms with van der Waals surface area (Å²) in [5, 5.41) is 5.80. The number of imidazole rings is 1. The van der Waals surface area contributed by atoms with Crippen molar-refractivity contribution in [1.82, 2.24) is 15.3 Å². The second kappa shape index (κ2) is 14.0. The molecule has 0 aliphatic carbocycles. The minimum atomic E-state index is -0.762. The largest absolute Gasteiger partial charge is 0.461 e. The van der Waals surface area contributed by atoms with E-state index in [1.54, 1.807) is 50.0 Å². The number of aromatic nitrogens is 2. The van der Waals surface area contributed by atoms with Gasteiger partial charge in [0.25, 0.3) is 5.91 Å². The first-order chi connectivity index (χ1) is 18.2. The lowest BCUT2D eigenvalue weighted by Crippen LogP contribution is -2.43. The molecule has 0 bridgehead atoms. The number of amides is 2. The average molecular weight is 555 g/mol. The lowest BCUT2D eigenvalue weighted by Gasteiger charge is -2.20. The van der Waals surface area contributed by atoms with Gasteiger partial charge in [-0.15, -0.1) is 0 Å². The van der Waals surface area contributed by atoms with Gasteiger partial charge in [-0.1, -0.05) is 24.3 Å². The van der Waals surface area contributed by atoms with Crippen LogP contribution in [0.4, 0.5) is 5.69 Å². The van der Waals surface area contributed by atoms with Crippen molar-refractivity contribution < 1.29 is 19.1 Å². The smallest absolute Gasteiger partial charge is 0.328 e. The van der Waals surface area contributed by atoms with Crippen LogP contribution in [0.15, 0.2) is 48.7 Å². The summed E-state index contributed by atoms with van der Waals surface area (Å²) in [6.07, 6.45) is 4.65. The van der Waals surface area contributed by atoms with Crippen LogP contribution in [0, 0.1) is 11.7 Å². The topological polar surface area (TPSA) is 116 Å². The number of ether oxygens (including phenoxy) is 1. The molecule has 0 aliphatic rings. The molecule has 202 valence electrons. The molecule has 1 aromatic heterocycles. The monoisotopic (exact) mass is 554 g/mol. The minimum absolute atomic E-state index is 0.160. The highest BCUT2D eigenvalue weighted by Crippen LogP contribution is 2.30. The summed E-state index contributed by atoms with van der Waals surface area (Å²) in [4.78, 5) is 44.7. The molecule has 0 fully saturated rings. The maximum atomic E-state index is 13.5. The van der Waals surface area contributed by atoms with Gasteiger partial charge < -0.3 is 25.3 Å². The first-order valence-electron chi connectivity index (χ1n) is 12.4. The van der Waals surface area contributed by atoms with E-state index in [4.69, 9.17) is 17.0 Å². The van der Waals surface area contributed by atoms with E-state index in [2.05, 4.69) is 20.6 Å². The Morgan fingerprint density at radius 1 is 1.11 bits per heavy atom. The zero-order valence-corrected chi connectivity index (χ0v) is 23.7. The molecule has 0 spiro atoms. The van der Waals surface area contributed by atoms with Crippen LogP contribution < -0.4 is 10.6 Å². The Morgan fingerprint density at radius 3 is 2.53 bits per heavy atom. The van der Waals surface area contributed by atoms with E-state index < -0.39 is 12.0 Å². The predicted octanol–water partition coefficient (Wildman–Crippen LogP) is 5.42. The van der Waals surface area contributed by atoms with E-state index in [9.17, 15) is 14.4 Å². The Morgan fingerprint density at radius 2 is 1.87 bits per heavy atom. The molecule has 8 nitrogen and oxygen atoms in total. The van der Waals surface area contributed by atoms with Gasteiger partial charge >= 0.3 is 5.97 Å². The van der Waals surface area contributed by atoms with E-state index in [-0.39, 0.29) is 24.3 Å². The van der Waals surface area contributed by atoms with Gasteiger partial charge in [0, 0.05) is 29.6 Å². The zero-order valence-electron chi connectivity index (χ0n) is 22.1. The molecule has 10 heteroatoms. The summed E-state index contributed by atoms with van der Waals surface area (Å²) in [5.41, 5.74) is 4.33. The van der Waals surface area contributed by atoms with Gasteiger partial charge in [-0.3, -0.25) is 9.59 Å². The van der Waals surface area contributed by atoms with Crippen molar-refractivity contribution in [3.8, 4) is 11.1 Å². The maximum Gasteiger partial charge on any atom is 0.328 e. The van der Waals surface area contributed by atoms with Gasteiger partial charge in [-0.2, -0.15) is 11.8 Å². The summed E-state index contributed by atoms with van der Waals surface area (Å²) >= 11 is 6.62. The maximum absolute atomic E-state index is 13.5. The standard InChI is InChI=1S/C28H34N4O4S2/c1-17(2)36-27(35)24(13-14-38-4)32-26(34)22-11-9-19(15-23(22)21-8-6-5-7-18(21)3)30-25(33)12-10-20-16-29-28(37)31-20/h5-9,11,15-17,24H,10,12-14H2,1-4H3,(H,30,33)(H,32,34)(H2,29,31,37)/t24-/m0/s1. The number of benzene rings is 2. The molecular weight excluding hydrogens is 520 g/mol. The number of carbonyl (C=O) groups is 3. The number of carbonyl (C=O) groups excluding carboxylic acids is 3. The molecule has 0 saturated carbocycles. The van der Waals surface area contributed by atoms with Crippen molar-refractivity contribution in [3.05, 3.63) is 70.3 Å². The summed E-state index contributed by atoms with van der Waals surface area (Å²) in [6, 6.07) is 12.1. The second-order valence-corrected chi connectivity index (χ2v) is 10.6. The van der Waals surface area contributed by atoms with Gasteiger partial charge in [-0.05, 0) is 92.7 Å². The van der Waals surface area contributed by atoms with Gasteiger partial charge in [-0.25, -0.2) is 4.79 Å². The second-order valence-electron chi connectivity index (χ2n) is 9.18. The van der Waals surface area contributed by atoms with Crippen molar-refractivity contribution in [2.45, 2.75) is 52.2 Å². The number of anilines is 1. The number of rotatable bonds is 12. The highest BCUT2D eigenvalue weighted by molar-refractivity contribution is 7.98. The number of aromatic amines is 2. The normalized spacial score (nSPS) is 11.7. The van der Waals surface area contributed by atoms with Crippen molar-refractivity contribution >= 4 is 47.5 Å². The molecule has 2 aromatic carbocycles. The lowest BCUT2D eigenvalue weighted by molar-refractivity contribution is -0.149. The van der Waals surface area contributed by atoms with Crippen molar-refractivity contribution in [1.29, 1.82) is 0 Å². The van der Waals surface area contributed by atoms with E-state index in [1.807, 2.05) is 37.4 Å². The van der Waals surface area contributed by atoms with Crippen LogP contribution >= 0.6 is 24.0 Å². The fraction of sp³-hybridized carbons (Fsp3) is 0.357. The van der Waals surface area contributed by atoms with Crippen LogP contribution in [0.5, 0.6) is 0 Å². The number of hydrogen-bond donors (Lipinski definition) is 4. The quantitative estimate of drug-likeness (QED) is 0.175. The first-order valence-corrected chi connectivity index (χ1v) is 14.2. The van der Waals surface area contributed by atoms with Crippen LogP contribution in [-0.2, 0) is 20.7 Å². The van der Waals surface area contributed by atoms with Gasteiger partial charge in [0.2, 0.25) is 5.91 Å². The van der Waals surface area contributed by atoms with Gasteiger partial charge in [0.1, 0.15) is 6.04 Å². The van der Waals surface area contributed by atoms with E-state index >= 15 is 0 Å². The summed E-state index contributed by atoms with van der Waals surface area (Å²) in [6.45, 7) is 5.52. The number of hydrogen-bond acceptors (Lipinski definition) is 6. The Kier molecular flexibility index (Phi) is 10.7. The highest BCUT2D eigenvalue weighted by Gasteiger charge is 2.25. The fourth-order valence-corrected chi connectivity index (χ4v) is 4.59. The van der Waals surface area contributed by atoms with Gasteiger partial charge in [0.15, 0.2) is 4.77 Å². The molecular formula is C28H34N4O4S2. The summed E-state index contributed by atoms with van der Waals surface area (Å²) in [7, 11) is 0. The minimum Gasteiger partial charge on any atom is -0.461 e. The van der Waals surface area contributed by atoms with Gasteiger partial charge in [0.05, 0.1) is 6.10 Å². The molecule has 0 saturated heterocycles. The lowest BCUT2D eigenvalue weighted by atomic mass is 9.94. The Bertz CT molecular complexity index is 1330. The Balaban J connectivity index is 1.86. The third-order valence-electron chi connectivity index (χ3n) is 5.81. The number of H-pyrrole nitrogens is 2. The third-order valence-corrected chi connectivity index (χ3v) is 6.67. The van der Waals surface area contributed by atoms with Crippen molar-refractivity contribution in [3.63, 3.8) is 0 Å². The third kappa shape index (κ3) is 8.32. The zero-order chi connectivity index (χ0) is 27.7. The van der Waals surface area contributed by atoms with Crippen LogP contribution in [0.3, 0.4) is 0 Å². The molecule has 3 rings (SSSR count). The number of esters is 1. The van der Waals surface area contributed by atoms with Crippen LogP contribution in [0.1, 0.15) is 48.3 Å². The van der Waals surface area contributed by atoms with E-state index in [1.165, 1.54) is 0 Å². The molecule has 3 aromatic rings. The number of aryl methyl sites for hydroxylation is 2. The SMILES string of the molecule is CSCC[C@H](NC(=O)c1ccc(NC(=O)CCc2c[nH]c(=S)[nH]2)cc1-c1ccccc1C)C(=O)OC(C)C. The predicted molar refractivity (Wildman–Crippen MR) is 155 cm³/mol. The molecule has 2 amide bonds. The van der Waals surface area contributed by atoms with Crippen molar-refractivity contribution in [2.75, 3.05) is 17.3 Å². The molecule has 38 heavy (non-hydrogen) atoms. The molecule has 4 N–H and O–H groups in total. The summed E-state index contributed by atoms with van der Waals surface area (Å²) < 4.78 is 5.90. The highest BCUT2D eigenvalue weighted by atomic mass is 32.2. The van der Waals surface area contributed by atoms with Crippen LogP contribution in [0.2, 0.25) is 0 Å². The Labute approximate surface area is 232 Å². The van der Waals surface area contributed by atoms with Crippen LogP contribution in [0.25, 0.3) is 11.1 Å². The number of nitrogens with one attached hydrogen (secondary N) is 4. The fourth-order valence-electron chi connectivity index (χ4n) is 3.93. The molecule has 0 radical (unpaired) electrons. The molecule has 1 atom stereocenters. The Hall–Kier alpha value is -3.37. The van der Waals surface area contributed by atoms with E-state index in [0.717, 1.165) is 16.8 Å². The summed E-state index contributed by atoms with van der Waals surface area (Å²) in [5.74, 6) is -0.295. The first kappa shape index (κ1) is 29.2. The number of thioether (sulfide) groups is 1. The molecule has 0 aliphatic heterocycles. The van der Waals surface area contributed by atoms with Crippen LogP contribution in [-0.4, -0.2) is 51.9 Å². The van der Waals surface area contributed by atoms with E-state index in [0.29, 0.717) is 40.2 Å². The molecule has 1 heterocycles. The molecule has 0 unspecified atom stereocenters. The van der Waals surface area contributed by atoms with Crippen molar-refractivity contribution in [2.24, 2.45) is 0 Å². The average Bonchev–Trinajstić information content (AvgIpc) is 3.30.